The summed E-state index contributed by atoms with van der Waals surface area (Å²) in [7, 11) is 1.68. The molecule has 0 saturated carbocycles. The van der Waals surface area contributed by atoms with Crippen molar-refractivity contribution in [2.75, 3.05) is 33.3 Å². The van der Waals surface area contributed by atoms with Crippen LogP contribution < -0.4 is 9.47 Å². The summed E-state index contributed by atoms with van der Waals surface area (Å²) in [6, 6.07) is 28.1. The third kappa shape index (κ3) is 5.75. The molecule has 0 atom stereocenters. The van der Waals surface area contributed by atoms with Crippen molar-refractivity contribution in [3.8, 4) is 22.6 Å². The first-order valence-electron chi connectivity index (χ1n) is 12.1. The number of hydrogen-bond donors (Lipinski definition) is 0. The van der Waals surface area contributed by atoms with E-state index in [0.29, 0.717) is 18.8 Å². The molecule has 1 aliphatic heterocycles. The molecule has 7 heteroatoms. The van der Waals surface area contributed by atoms with Gasteiger partial charge in [0.2, 0.25) is 0 Å². The van der Waals surface area contributed by atoms with Gasteiger partial charge in [-0.25, -0.2) is 4.68 Å². The third-order valence-electron chi connectivity index (χ3n) is 6.38. The fraction of sp³-hybridized carbons (Fsp3) is 0.241. The van der Waals surface area contributed by atoms with Crippen molar-refractivity contribution in [3.05, 3.63) is 102 Å². The summed E-state index contributed by atoms with van der Waals surface area (Å²) in [5.74, 6) is 1.58. The Hall–Kier alpha value is -4.10. The summed E-state index contributed by atoms with van der Waals surface area (Å²) < 4.78 is 12.8. The average Bonchev–Trinajstić information content (AvgIpc) is 3.42. The summed E-state index contributed by atoms with van der Waals surface area (Å²) in [6.07, 6.45) is 1.78. The first-order valence-corrected chi connectivity index (χ1v) is 12.1. The summed E-state index contributed by atoms with van der Waals surface area (Å²) in [4.78, 5) is 17.2. The molecule has 0 N–H and O–H groups in total. The van der Waals surface area contributed by atoms with E-state index in [4.69, 9.17) is 9.47 Å². The molecule has 1 aromatic heterocycles. The smallest absolute Gasteiger partial charge is 0.274 e. The number of hydrogen-bond acceptors (Lipinski definition) is 5. The molecule has 1 saturated heterocycles. The number of methoxy groups -OCH3 is 1. The molecule has 1 fully saturated rings. The van der Waals surface area contributed by atoms with Crippen LogP contribution in [0.4, 0.5) is 0 Å². The second-order valence-electron chi connectivity index (χ2n) is 8.82. The van der Waals surface area contributed by atoms with Gasteiger partial charge in [-0.15, -0.1) is 0 Å². The molecule has 7 nitrogen and oxygen atoms in total. The molecule has 2 heterocycles. The lowest BCUT2D eigenvalue weighted by Gasteiger charge is -2.34. The van der Waals surface area contributed by atoms with E-state index in [1.54, 1.807) is 24.1 Å². The van der Waals surface area contributed by atoms with Crippen LogP contribution in [0.15, 0.2) is 91.1 Å². The van der Waals surface area contributed by atoms with Crippen LogP contribution in [0.25, 0.3) is 11.1 Å². The predicted molar refractivity (Wildman–Crippen MR) is 139 cm³/mol. The number of ether oxygens (including phenoxy) is 2. The molecule has 5 rings (SSSR count). The van der Waals surface area contributed by atoms with Gasteiger partial charge in [-0.3, -0.25) is 9.69 Å². The Kier molecular flexibility index (Phi) is 7.28. The highest BCUT2D eigenvalue weighted by molar-refractivity contribution is 5.92. The Morgan fingerprint density at radius 2 is 1.58 bits per heavy atom. The third-order valence-corrected chi connectivity index (χ3v) is 6.38. The molecule has 0 spiro atoms. The second-order valence-corrected chi connectivity index (χ2v) is 8.82. The van der Waals surface area contributed by atoms with Gasteiger partial charge in [-0.1, -0.05) is 54.6 Å². The number of carbonyl (C=O) groups is 1. The quantitative estimate of drug-likeness (QED) is 0.369. The standard InChI is InChI=1S/C29H30N4O3/c1-35-27-9-5-6-23(20-27)21-31-16-18-32(19-17-31)29(34)28-14-15-33(30-28)22-36-26-12-10-25(11-13-26)24-7-3-2-4-8-24/h2-15,20H,16-19,21-22H2,1H3. The van der Waals surface area contributed by atoms with E-state index < -0.39 is 0 Å². The molecule has 0 aliphatic carbocycles. The zero-order valence-corrected chi connectivity index (χ0v) is 20.4. The zero-order valence-electron chi connectivity index (χ0n) is 20.4. The maximum absolute atomic E-state index is 13.0. The number of aromatic nitrogens is 2. The summed E-state index contributed by atoms with van der Waals surface area (Å²) >= 11 is 0. The monoisotopic (exact) mass is 482 g/mol. The van der Waals surface area contributed by atoms with Gasteiger partial charge in [0.1, 0.15) is 11.5 Å². The minimum atomic E-state index is -0.0398. The molecule has 0 radical (unpaired) electrons. The van der Waals surface area contributed by atoms with Crippen LogP contribution in [0.3, 0.4) is 0 Å². The lowest BCUT2D eigenvalue weighted by Crippen LogP contribution is -2.48. The second kappa shape index (κ2) is 11.1. The number of rotatable bonds is 8. The highest BCUT2D eigenvalue weighted by atomic mass is 16.5. The lowest BCUT2D eigenvalue weighted by atomic mass is 10.1. The molecular weight excluding hydrogens is 452 g/mol. The minimum absolute atomic E-state index is 0.0398. The SMILES string of the molecule is COc1cccc(CN2CCN(C(=O)c3ccn(COc4ccc(-c5ccccc5)cc4)n3)CC2)c1. The van der Waals surface area contributed by atoms with E-state index in [9.17, 15) is 4.79 Å². The largest absolute Gasteiger partial charge is 0.497 e. The molecule has 1 aliphatic rings. The lowest BCUT2D eigenvalue weighted by molar-refractivity contribution is 0.0621. The van der Waals surface area contributed by atoms with E-state index in [-0.39, 0.29) is 12.6 Å². The highest BCUT2D eigenvalue weighted by Crippen LogP contribution is 2.22. The van der Waals surface area contributed by atoms with E-state index in [0.717, 1.165) is 36.7 Å². The topological polar surface area (TPSA) is 59.8 Å². The maximum Gasteiger partial charge on any atom is 0.274 e. The number of piperazine rings is 1. The molecule has 0 unspecified atom stereocenters. The van der Waals surface area contributed by atoms with Gasteiger partial charge in [-0.05, 0) is 47.0 Å². The maximum atomic E-state index is 13.0. The molecule has 4 aromatic rings. The fourth-order valence-corrected chi connectivity index (χ4v) is 4.36. The highest BCUT2D eigenvalue weighted by Gasteiger charge is 2.23. The number of amides is 1. The Bertz CT molecular complexity index is 1280. The zero-order chi connectivity index (χ0) is 24.7. The molecule has 3 aromatic carbocycles. The van der Waals surface area contributed by atoms with Gasteiger partial charge >= 0.3 is 0 Å². The van der Waals surface area contributed by atoms with E-state index >= 15 is 0 Å². The van der Waals surface area contributed by atoms with Crippen molar-refractivity contribution >= 4 is 5.91 Å². The van der Waals surface area contributed by atoms with Crippen molar-refractivity contribution in [2.24, 2.45) is 0 Å². The Morgan fingerprint density at radius 3 is 2.33 bits per heavy atom. The van der Waals surface area contributed by atoms with E-state index in [1.165, 1.54) is 11.1 Å². The van der Waals surface area contributed by atoms with Crippen LogP contribution in [0, 0.1) is 0 Å². The summed E-state index contributed by atoms with van der Waals surface area (Å²) in [5.41, 5.74) is 3.96. The van der Waals surface area contributed by atoms with E-state index in [2.05, 4.69) is 34.3 Å². The van der Waals surface area contributed by atoms with Crippen molar-refractivity contribution in [3.63, 3.8) is 0 Å². The molecular formula is C29H30N4O3. The molecule has 36 heavy (non-hydrogen) atoms. The minimum Gasteiger partial charge on any atom is -0.497 e. The van der Waals surface area contributed by atoms with Gasteiger partial charge in [-0.2, -0.15) is 5.10 Å². The van der Waals surface area contributed by atoms with Crippen molar-refractivity contribution in [1.29, 1.82) is 0 Å². The van der Waals surface area contributed by atoms with Gasteiger partial charge in [0.05, 0.1) is 7.11 Å². The first kappa shape index (κ1) is 23.6. The number of benzene rings is 3. The van der Waals surface area contributed by atoms with Crippen molar-refractivity contribution < 1.29 is 14.3 Å². The number of nitrogens with zero attached hydrogens (tertiary/aromatic N) is 4. The fourth-order valence-electron chi connectivity index (χ4n) is 4.36. The van der Waals surface area contributed by atoms with Crippen LogP contribution >= 0.6 is 0 Å². The number of carbonyl (C=O) groups excluding carboxylic acids is 1. The van der Waals surface area contributed by atoms with Gasteiger partial charge in [0, 0.05) is 38.9 Å². The van der Waals surface area contributed by atoms with E-state index in [1.807, 2.05) is 59.5 Å². The summed E-state index contributed by atoms with van der Waals surface area (Å²) in [6.45, 7) is 4.10. The van der Waals surface area contributed by atoms with Crippen LogP contribution in [0.1, 0.15) is 16.1 Å². The van der Waals surface area contributed by atoms with Gasteiger partial charge in [0.25, 0.3) is 5.91 Å². The van der Waals surface area contributed by atoms with Gasteiger partial charge in [0.15, 0.2) is 12.4 Å². The van der Waals surface area contributed by atoms with Crippen LogP contribution in [-0.4, -0.2) is 58.8 Å². The predicted octanol–water partition coefficient (Wildman–Crippen LogP) is 4.55. The van der Waals surface area contributed by atoms with Crippen LogP contribution in [0.5, 0.6) is 11.5 Å². The Labute approximate surface area is 211 Å². The molecule has 0 bridgehead atoms. The van der Waals surface area contributed by atoms with Crippen molar-refractivity contribution in [2.45, 2.75) is 13.3 Å². The normalized spacial score (nSPS) is 14.0. The first-order chi connectivity index (χ1) is 17.7. The molecule has 184 valence electrons. The molecule has 1 amide bonds. The van der Waals surface area contributed by atoms with Crippen molar-refractivity contribution in [1.82, 2.24) is 19.6 Å². The van der Waals surface area contributed by atoms with Crippen LogP contribution in [0.2, 0.25) is 0 Å². The van der Waals surface area contributed by atoms with Crippen LogP contribution in [-0.2, 0) is 13.3 Å². The Morgan fingerprint density at radius 1 is 0.833 bits per heavy atom. The summed E-state index contributed by atoms with van der Waals surface area (Å²) in [5, 5.41) is 4.44. The Balaban J connectivity index is 1.10. The van der Waals surface area contributed by atoms with Gasteiger partial charge < -0.3 is 14.4 Å². The average molecular weight is 483 g/mol.